The van der Waals surface area contributed by atoms with Gasteiger partial charge in [-0.1, -0.05) is 40.5 Å². The summed E-state index contributed by atoms with van der Waals surface area (Å²) in [6.07, 6.45) is 8.25. The van der Waals surface area contributed by atoms with Crippen LogP contribution in [0, 0.1) is 23.7 Å². The van der Waals surface area contributed by atoms with Gasteiger partial charge in [-0.2, -0.15) is 0 Å². The number of hydrogen-bond donors (Lipinski definition) is 1. The third kappa shape index (κ3) is 7.08. The van der Waals surface area contributed by atoms with Crippen molar-refractivity contribution in [2.24, 2.45) is 29.4 Å². The minimum Gasteiger partial charge on any atom is -0.330 e. The predicted octanol–water partition coefficient (Wildman–Crippen LogP) is 4.15. The van der Waals surface area contributed by atoms with Crippen LogP contribution in [0.2, 0.25) is 0 Å². The van der Waals surface area contributed by atoms with Gasteiger partial charge >= 0.3 is 0 Å². The zero-order valence-corrected chi connectivity index (χ0v) is 14.4. The van der Waals surface area contributed by atoms with Gasteiger partial charge in [0.1, 0.15) is 0 Å². The van der Waals surface area contributed by atoms with E-state index in [0.717, 1.165) is 30.2 Å². The summed E-state index contributed by atoms with van der Waals surface area (Å²) in [5.74, 6) is 3.26. The van der Waals surface area contributed by atoms with E-state index in [1.807, 2.05) is 0 Å². The second-order valence-corrected chi connectivity index (χ2v) is 7.71. The molecule has 0 radical (unpaired) electrons. The number of hydrogen-bond acceptors (Lipinski definition) is 2. The zero-order valence-electron chi connectivity index (χ0n) is 14.4. The van der Waals surface area contributed by atoms with Crippen LogP contribution in [0.3, 0.4) is 0 Å². The molecule has 2 nitrogen and oxygen atoms in total. The van der Waals surface area contributed by atoms with Crippen LogP contribution in [0.5, 0.6) is 0 Å². The highest BCUT2D eigenvalue weighted by molar-refractivity contribution is 4.79. The van der Waals surface area contributed by atoms with Crippen LogP contribution in [-0.2, 0) is 0 Å². The maximum Gasteiger partial charge on any atom is 0.00128 e. The molecule has 2 heteroatoms. The minimum atomic E-state index is 0.782. The van der Waals surface area contributed by atoms with Crippen LogP contribution >= 0.6 is 0 Å². The average Bonchev–Trinajstić information content (AvgIpc) is 2.42. The molecule has 2 atom stereocenters. The van der Waals surface area contributed by atoms with Crippen LogP contribution in [0.4, 0.5) is 0 Å². The Bertz CT molecular complexity index is 226. The first kappa shape index (κ1) is 18.0. The molecule has 1 rings (SSSR count). The second-order valence-electron chi connectivity index (χ2n) is 7.71. The van der Waals surface area contributed by atoms with Gasteiger partial charge in [-0.3, -0.25) is 0 Å². The van der Waals surface area contributed by atoms with E-state index in [4.69, 9.17) is 5.73 Å². The fraction of sp³-hybridized carbons (Fsp3) is 1.00. The summed E-state index contributed by atoms with van der Waals surface area (Å²) < 4.78 is 0. The molecule has 20 heavy (non-hydrogen) atoms. The molecule has 0 saturated heterocycles. The van der Waals surface area contributed by atoms with Gasteiger partial charge in [0.15, 0.2) is 0 Å². The van der Waals surface area contributed by atoms with E-state index in [0.29, 0.717) is 0 Å². The summed E-state index contributed by atoms with van der Waals surface area (Å²) in [6.45, 7) is 14.1. The van der Waals surface area contributed by atoms with Gasteiger partial charge in [-0.05, 0) is 69.0 Å². The van der Waals surface area contributed by atoms with Gasteiger partial charge in [-0.15, -0.1) is 0 Å². The van der Waals surface area contributed by atoms with Crippen molar-refractivity contribution in [1.29, 1.82) is 0 Å². The van der Waals surface area contributed by atoms with E-state index >= 15 is 0 Å². The molecule has 2 N–H and O–H groups in total. The second kappa shape index (κ2) is 9.78. The lowest BCUT2D eigenvalue weighted by Gasteiger charge is -2.35. The minimum absolute atomic E-state index is 0.782. The van der Waals surface area contributed by atoms with E-state index in [9.17, 15) is 0 Å². The fourth-order valence-electron chi connectivity index (χ4n) is 3.34. The number of rotatable bonds is 9. The lowest BCUT2D eigenvalue weighted by Crippen LogP contribution is -2.38. The van der Waals surface area contributed by atoms with E-state index in [1.165, 1.54) is 58.2 Å². The molecule has 1 saturated carbocycles. The molecule has 0 aromatic heterocycles. The molecule has 120 valence electrons. The zero-order chi connectivity index (χ0) is 15.0. The highest BCUT2D eigenvalue weighted by Gasteiger charge is 2.25. The van der Waals surface area contributed by atoms with Crippen LogP contribution in [0.15, 0.2) is 0 Å². The van der Waals surface area contributed by atoms with Gasteiger partial charge in [0.05, 0.1) is 0 Å². The summed E-state index contributed by atoms with van der Waals surface area (Å²) in [7, 11) is 0. The Kier molecular flexibility index (Phi) is 8.79. The topological polar surface area (TPSA) is 29.3 Å². The monoisotopic (exact) mass is 282 g/mol. The largest absolute Gasteiger partial charge is 0.330 e. The Balaban J connectivity index is 2.47. The van der Waals surface area contributed by atoms with Crippen LogP contribution in [0.1, 0.15) is 66.2 Å². The standard InChI is InChI=1S/C18H38N2/c1-15(2)9-11-20(12-10-16(3)4)14-18-8-6-5-7-17(18)13-19/h15-18H,5-14,19H2,1-4H3. The van der Waals surface area contributed by atoms with Gasteiger partial charge < -0.3 is 10.6 Å². The molecule has 2 unspecified atom stereocenters. The van der Waals surface area contributed by atoms with E-state index in [-0.39, 0.29) is 0 Å². The molecule has 0 aromatic rings. The normalized spacial score (nSPS) is 24.0. The molecule has 1 fully saturated rings. The van der Waals surface area contributed by atoms with Gasteiger partial charge in [0.2, 0.25) is 0 Å². The quantitative estimate of drug-likeness (QED) is 0.688. The van der Waals surface area contributed by atoms with Crippen molar-refractivity contribution in [2.75, 3.05) is 26.2 Å². The molecular formula is C18H38N2. The van der Waals surface area contributed by atoms with Crippen molar-refractivity contribution in [1.82, 2.24) is 4.90 Å². The number of nitrogens with two attached hydrogens (primary N) is 1. The first-order valence-corrected chi connectivity index (χ1v) is 8.95. The van der Waals surface area contributed by atoms with Crippen molar-refractivity contribution in [3.8, 4) is 0 Å². The van der Waals surface area contributed by atoms with Crippen molar-refractivity contribution in [3.05, 3.63) is 0 Å². The molecule has 0 aliphatic heterocycles. The Labute approximate surface area is 127 Å². The van der Waals surface area contributed by atoms with E-state index in [1.54, 1.807) is 0 Å². The Morgan fingerprint density at radius 1 is 0.900 bits per heavy atom. The van der Waals surface area contributed by atoms with Crippen molar-refractivity contribution >= 4 is 0 Å². The van der Waals surface area contributed by atoms with Crippen LogP contribution in [0.25, 0.3) is 0 Å². The van der Waals surface area contributed by atoms with Crippen molar-refractivity contribution in [3.63, 3.8) is 0 Å². The van der Waals surface area contributed by atoms with Gasteiger partial charge in [0.25, 0.3) is 0 Å². The highest BCUT2D eigenvalue weighted by atomic mass is 15.1. The third-order valence-corrected chi connectivity index (χ3v) is 4.91. The van der Waals surface area contributed by atoms with Crippen LogP contribution < -0.4 is 5.73 Å². The third-order valence-electron chi connectivity index (χ3n) is 4.91. The Morgan fingerprint density at radius 2 is 1.40 bits per heavy atom. The maximum atomic E-state index is 6.00. The molecule has 0 heterocycles. The lowest BCUT2D eigenvalue weighted by molar-refractivity contribution is 0.145. The first-order chi connectivity index (χ1) is 9.52. The fourth-order valence-corrected chi connectivity index (χ4v) is 3.34. The SMILES string of the molecule is CC(C)CCN(CCC(C)C)CC1CCCCC1CN. The molecule has 1 aliphatic rings. The Hall–Kier alpha value is -0.0800. The summed E-state index contributed by atoms with van der Waals surface area (Å²) in [6, 6.07) is 0. The van der Waals surface area contributed by atoms with Crippen molar-refractivity contribution < 1.29 is 0 Å². The van der Waals surface area contributed by atoms with Gasteiger partial charge in [0, 0.05) is 6.54 Å². The number of nitrogens with zero attached hydrogens (tertiary/aromatic N) is 1. The molecule has 0 spiro atoms. The van der Waals surface area contributed by atoms with E-state index < -0.39 is 0 Å². The predicted molar refractivity (Wildman–Crippen MR) is 89.9 cm³/mol. The smallest absolute Gasteiger partial charge is 0.00128 e. The summed E-state index contributed by atoms with van der Waals surface area (Å²) >= 11 is 0. The summed E-state index contributed by atoms with van der Waals surface area (Å²) in [4.78, 5) is 2.73. The maximum absolute atomic E-state index is 6.00. The average molecular weight is 283 g/mol. The molecule has 0 aromatic carbocycles. The molecule has 0 amide bonds. The van der Waals surface area contributed by atoms with Gasteiger partial charge in [-0.25, -0.2) is 0 Å². The summed E-state index contributed by atoms with van der Waals surface area (Å²) in [5, 5.41) is 0. The first-order valence-electron chi connectivity index (χ1n) is 8.95. The van der Waals surface area contributed by atoms with Crippen LogP contribution in [-0.4, -0.2) is 31.1 Å². The lowest BCUT2D eigenvalue weighted by atomic mass is 9.79. The molecule has 1 aliphatic carbocycles. The van der Waals surface area contributed by atoms with Crippen molar-refractivity contribution in [2.45, 2.75) is 66.2 Å². The Morgan fingerprint density at radius 3 is 1.85 bits per heavy atom. The summed E-state index contributed by atoms with van der Waals surface area (Å²) in [5.41, 5.74) is 6.00. The molecular weight excluding hydrogens is 244 g/mol. The highest BCUT2D eigenvalue weighted by Crippen LogP contribution is 2.30. The van der Waals surface area contributed by atoms with E-state index in [2.05, 4.69) is 32.6 Å². The molecule has 0 bridgehead atoms.